The Kier molecular flexibility index (Phi) is 5.05. The lowest BCUT2D eigenvalue weighted by atomic mass is 9.81. The summed E-state index contributed by atoms with van der Waals surface area (Å²) < 4.78 is 0. The van der Waals surface area contributed by atoms with Gasteiger partial charge in [0.15, 0.2) is 0 Å². The van der Waals surface area contributed by atoms with Crippen LogP contribution in [0.15, 0.2) is 18.2 Å². The summed E-state index contributed by atoms with van der Waals surface area (Å²) in [4.78, 5) is 10.9. The van der Waals surface area contributed by atoms with E-state index in [0.717, 1.165) is 29.6 Å². The van der Waals surface area contributed by atoms with E-state index in [1.807, 2.05) is 13.0 Å². The van der Waals surface area contributed by atoms with Crippen LogP contribution >= 0.6 is 0 Å². The van der Waals surface area contributed by atoms with Crippen LogP contribution in [0.2, 0.25) is 0 Å². The van der Waals surface area contributed by atoms with Crippen molar-refractivity contribution in [2.45, 2.75) is 46.0 Å². The zero-order chi connectivity index (χ0) is 14.5. The highest BCUT2D eigenvalue weighted by Crippen LogP contribution is 2.30. The highest BCUT2D eigenvalue weighted by molar-refractivity contribution is 5.88. The number of nitrogens with one attached hydrogen (secondary N) is 1. The second-order valence-corrected chi connectivity index (χ2v) is 6.19. The van der Waals surface area contributed by atoms with Crippen LogP contribution in [0, 0.1) is 18.8 Å². The number of hydrogen-bond acceptors (Lipinski definition) is 2. The molecule has 0 radical (unpaired) electrons. The Morgan fingerprint density at radius 2 is 2.20 bits per heavy atom. The highest BCUT2D eigenvalue weighted by Gasteiger charge is 2.18. The van der Waals surface area contributed by atoms with Gasteiger partial charge in [0.1, 0.15) is 0 Å². The lowest BCUT2D eigenvalue weighted by Crippen LogP contribution is -2.16. The topological polar surface area (TPSA) is 49.3 Å². The Morgan fingerprint density at radius 1 is 1.40 bits per heavy atom. The van der Waals surface area contributed by atoms with Gasteiger partial charge in [-0.05, 0) is 55.4 Å². The summed E-state index contributed by atoms with van der Waals surface area (Å²) >= 11 is 0. The summed E-state index contributed by atoms with van der Waals surface area (Å²) in [5.41, 5.74) is 2.41. The lowest BCUT2D eigenvalue weighted by molar-refractivity contribution is 0.0697. The highest BCUT2D eigenvalue weighted by atomic mass is 16.4. The van der Waals surface area contributed by atoms with E-state index in [1.165, 1.54) is 32.1 Å². The Balaban J connectivity index is 1.83. The van der Waals surface area contributed by atoms with Gasteiger partial charge in [-0.1, -0.05) is 26.2 Å². The van der Waals surface area contributed by atoms with E-state index in [-0.39, 0.29) is 0 Å². The average molecular weight is 275 g/mol. The first-order chi connectivity index (χ1) is 9.56. The zero-order valence-corrected chi connectivity index (χ0v) is 12.5. The van der Waals surface area contributed by atoms with Crippen LogP contribution in [0.4, 0.5) is 5.69 Å². The van der Waals surface area contributed by atoms with E-state index in [1.54, 1.807) is 12.1 Å². The van der Waals surface area contributed by atoms with E-state index >= 15 is 0 Å². The fraction of sp³-hybridized carbons (Fsp3) is 0.588. The molecule has 2 N–H and O–H groups in total. The van der Waals surface area contributed by atoms with Crippen molar-refractivity contribution < 1.29 is 9.90 Å². The van der Waals surface area contributed by atoms with Gasteiger partial charge in [0, 0.05) is 12.2 Å². The number of carboxylic acids is 1. The molecule has 3 nitrogen and oxygen atoms in total. The molecule has 0 aliphatic heterocycles. The van der Waals surface area contributed by atoms with E-state index in [2.05, 4.69) is 12.2 Å². The monoisotopic (exact) mass is 275 g/mol. The molecule has 1 aromatic carbocycles. The van der Waals surface area contributed by atoms with Crippen molar-refractivity contribution in [2.75, 3.05) is 11.9 Å². The predicted molar refractivity (Wildman–Crippen MR) is 82.4 cm³/mol. The first-order valence-corrected chi connectivity index (χ1v) is 7.64. The normalized spacial score (nSPS) is 22.5. The Bertz CT molecular complexity index is 470. The number of aryl methyl sites for hydroxylation is 1. The Labute approximate surface area is 121 Å². The van der Waals surface area contributed by atoms with Crippen LogP contribution in [0.1, 0.15) is 54.9 Å². The molecular formula is C17H25NO2. The minimum atomic E-state index is -0.865. The second kappa shape index (κ2) is 6.78. The molecule has 0 aromatic heterocycles. The van der Waals surface area contributed by atoms with Gasteiger partial charge in [-0.25, -0.2) is 4.79 Å². The molecule has 110 valence electrons. The molecule has 1 saturated carbocycles. The summed E-state index contributed by atoms with van der Waals surface area (Å²) in [5.74, 6) is 0.867. The molecule has 1 aliphatic rings. The molecule has 3 heteroatoms. The molecule has 0 spiro atoms. The van der Waals surface area contributed by atoms with Crippen molar-refractivity contribution in [2.24, 2.45) is 11.8 Å². The van der Waals surface area contributed by atoms with Crippen molar-refractivity contribution in [3.05, 3.63) is 29.3 Å². The van der Waals surface area contributed by atoms with E-state index in [0.29, 0.717) is 5.56 Å². The standard InChI is InChI=1S/C17H25NO2/c1-12-4-3-5-14(10-12)8-9-18-16-7-6-15(17(19)20)11-13(16)2/h6-7,11-12,14,18H,3-5,8-10H2,1-2H3,(H,19,20). The molecule has 0 saturated heterocycles. The maximum absolute atomic E-state index is 10.9. The van der Waals surface area contributed by atoms with Gasteiger partial charge >= 0.3 is 5.97 Å². The number of benzene rings is 1. The number of rotatable bonds is 5. The molecule has 0 heterocycles. The number of aromatic carboxylic acids is 1. The summed E-state index contributed by atoms with van der Waals surface area (Å²) in [6.45, 7) is 5.29. The van der Waals surface area contributed by atoms with Crippen LogP contribution < -0.4 is 5.32 Å². The van der Waals surface area contributed by atoms with E-state index in [9.17, 15) is 4.79 Å². The third-order valence-corrected chi connectivity index (χ3v) is 4.39. The zero-order valence-electron chi connectivity index (χ0n) is 12.5. The molecule has 1 fully saturated rings. The molecule has 1 aromatic rings. The van der Waals surface area contributed by atoms with Crippen LogP contribution in [0.25, 0.3) is 0 Å². The van der Waals surface area contributed by atoms with Crippen molar-refractivity contribution in [1.29, 1.82) is 0 Å². The molecule has 1 aliphatic carbocycles. The smallest absolute Gasteiger partial charge is 0.335 e. The van der Waals surface area contributed by atoms with Crippen molar-refractivity contribution in [3.8, 4) is 0 Å². The van der Waals surface area contributed by atoms with Crippen molar-refractivity contribution in [1.82, 2.24) is 0 Å². The largest absolute Gasteiger partial charge is 0.478 e. The minimum Gasteiger partial charge on any atom is -0.478 e. The molecule has 0 amide bonds. The first-order valence-electron chi connectivity index (χ1n) is 7.64. The van der Waals surface area contributed by atoms with Gasteiger partial charge in [-0.2, -0.15) is 0 Å². The maximum Gasteiger partial charge on any atom is 0.335 e. The molecule has 2 rings (SSSR count). The van der Waals surface area contributed by atoms with Gasteiger partial charge in [0.05, 0.1) is 5.56 Å². The van der Waals surface area contributed by atoms with Crippen molar-refractivity contribution >= 4 is 11.7 Å². The SMILES string of the molecule is Cc1cc(C(=O)O)ccc1NCCC1CCCC(C)C1. The third kappa shape index (κ3) is 3.99. The maximum atomic E-state index is 10.9. The van der Waals surface area contributed by atoms with Crippen LogP contribution in [0.3, 0.4) is 0 Å². The molecule has 2 atom stereocenters. The van der Waals surface area contributed by atoms with Gasteiger partial charge in [0.2, 0.25) is 0 Å². The summed E-state index contributed by atoms with van der Waals surface area (Å²) in [7, 11) is 0. The number of carbonyl (C=O) groups is 1. The van der Waals surface area contributed by atoms with Gasteiger partial charge in [-0.15, -0.1) is 0 Å². The second-order valence-electron chi connectivity index (χ2n) is 6.19. The summed E-state index contributed by atoms with van der Waals surface area (Å²) in [5, 5.41) is 12.4. The van der Waals surface area contributed by atoms with Gasteiger partial charge < -0.3 is 10.4 Å². The van der Waals surface area contributed by atoms with Gasteiger partial charge in [0.25, 0.3) is 0 Å². The number of carboxylic acid groups (broad SMARTS) is 1. The predicted octanol–water partition coefficient (Wildman–Crippen LogP) is 4.32. The number of hydrogen-bond donors (Lipinski definition) is 2. The lowest BCUT2D eigenvalue weighted by Gasteiger charge is -2.26. The fourth-order valence-corrected chi connectivity index (χ4v) is 3.23. The van der Waals surface area contributed by atoms with Crippen LogP contribution in [-0.4, -0.2) is 17.6 Å². The fourth-order valence-electron chi connectivity index (χ4n) is 3.23. The molecule has 0 bridgehead atoms. The van der Waals surface area contributed by atoms with Crippen LogP contribution in [0.5, 0.6) is 0 Å². The number of anilines is 1. The van der Waals surface area contributed by atoms with Gasteiger partial charge in [-0.3, -0.25) is 0 Å². The molecule has 20 heavy (non-hydrogen) atoms. The quantitative estimate of drug-likeness (QED) is 0.841. The Morgan fingerprint density at radius 3 is 2.85 bits per heavy atom. The Hall–Kier alpha value is -1.51. The van der Waals surface area contributed by atoms with Crippen molar-refractivity contribution in [3.63, 3.8) is 0 Å². The van der Waals surface area contributed by atoms with E-state index in [4.69, 9.17) is 5.11 Å². The van der Waals surface area contributed by atoms with E-state index < -0.39 is 5.97 Å². The molecular weight excluding hydrogens is 250 g/mol. The molecule has 2 unspecified atom stereocenters. The summed E-state index contributed by atoms with van der Waals surface area (Å²) in [6, 6.07) is 5.27. The average Bonchev–Trinajstić information content (AvgIpc) is 2.40. The minimum absolute atomic E-state index is 0.356. The van der Waals surface area contributed by atoms with Crippen LogP contribution in [-0.2, 0) is 0 Å². The first kappa shape index (κ1) is 14.9. The third-order valence-electron chi connectivity index (χ3n) is 4.39. The summed E-state index contributed by atoms with van der Waals surface area (Å²) in [6.07, 6.45) is 6.70.